The van der Waals surface area contributed by atoms with Crippen LogP contribution in [0.2, 0.25) is 0 Å². The number of piperazine rings is 1. The molecule has 1 aliphatic rings. The van der Waals surface area contributed by atoms with Crippen molar-refractivity contribution in [2.45, 2.75) is 78.5 Å². The average molecular weight is 442 g/mol. The summed E-state index contributed by atoms with van der Waals surface area (Å²) in [6, 6.07) is 1.70. The molecule has 0 N–H and O–H groups in total. The Kier molecular flexibility index (Phi) is 6.87. The topological polar surface area (TPSA) is 72.1 Å². The quantitative estimate of drug-likeness (QED) is 0.682. The van der Waals surface area contributed by atoms with E-state index in [1.54, 1.807) is 29.2 Å². The highest BCUT2D eigenvalue weighted by atomic mass is 16.6. The van der Waals surface area contributed by atoms with Gasteiger partial charge in [-0.25, -0.2) is 19.0 Å². The van der Waals surface area contributed by atoms with Crippen molar-refractivity contribution >= 4 is 17.4 Å². The molecule has 1 saturated heterocycles. The molecule has 2 aromatic rings. The Morgan fingerprint density at radius 3 is 2.50 bits per heavy atom. The van der Waals surface area contributed by atoms with Gasteiger partial charge in [0.05, 0.1) is 30.0 Å². The monoisotopic (exact) mass is 441 g/mol. The van der Waals surface area contributed by atoms with Gasteiger partial charge in [-0.05, 0) is 40.5 Å². The van der Waals surface area contributed by atoms with E-state index < -0.39 is 5.60 Å². The van der Waals surface area contributed by atoms with Gasteiger partial charge in [0.1, 0.15) is 5.60 Å². The van der Waals surface area contributed by atoms with Gasteiger partial charge in [0.2, 0.25) is 0 Å². The predicted octanol–water partition coefficient (Wildman–Crippen LogP) is 3.21. The maximum atomic E-state index is 12.9. The second-order valence-electron chi connectivity index (χ2n) is 9.30. The number of carbonyl (C=O) groups excluding carboxylic acids is 1. The summed E-state index contributed by atoms with van der Waals surface area (Å²) >= 11 is 0. The normalized spacial score (nSPS) is 19.1. The van der Waals surface area contributed by atoms with E-state index in [4.69, 9.17) is 9.72 Å². The third-order valence-corrected chi connectivity index (χ3v) is 5.89. The lowest BCUT2D eigenvalue weighted by molar-refractivity contribution is 0.00989. The number of hydrogen-bond acceptors (Lipinski definition) is 5. The van der Waals surface area contributed by atoms with Gasteiger partial charge in [-0.2, -0.15) is 0 Å². The fraction of sp³-hybridized carbons (Fsp3) is 0.625. The molecule has 0 aliphatic carbocycles. The van der Waals surface area contributed by atoms with Gasteiger partial charge >= 0.3 is 6.09 Å². The molecular weight excluding hydrogens is 406 g/mol. The van der Waals surface area contributed by atoms with Crippen LogP contribution in [0.1, 0.15) is 60.1 Å². The zero-order valence-electron chi connectivity index (χ0n) is 20.3. The fourth-order valence-corrected chi connectivity index (χ4v) is 4.17. The van der Waals surface area contributed by atoms with E-state index in [-0.39, 0.29) is 23.7 Å². The van der Waals surface area contributed by atoms with Crippen LogP contribution < -0.4 is 10.5 Å². The molecule has 0 unspecified atom stereocenters. The molecule has 3 heterocycles. The van der Waals surface area contributed by atoms with Gasteiger partial charge in [-0.3, -0.25) is 4.79 Å². The molecule has 2 atom stereocenters. The lowest BCUT2D eigenvalue weighted by Crippen LogP contribution is -2.60. The Bertz CT molecular complexity index is 1100. The van der Waals surface area contributed by atoms with Crippen molar-refractivity contribution in [3.8, 4) is 11.8 Å². The maximum absolute atomic E-state index is 12.9. The van der Waals surface area contributed by atoms with E-state index in [1.807, 2.05) is 31.9 Å². The van der Waals surface area contributed by atoms with Crippen LogP contribution in [-0.2, 0) is 18.2 Å². The number of imidazole rings is 1. The van der Waals surface area contributed by atoms with Crippen LogP contribution >= 0.6 is 0 Å². The molecule has 0 spiro atoms. The summed E-state index contributed by atoms with van der Waals surface area (Å²) in [6.07, 6.45) is 3.75. The largest absolute Gasteiger partial charge is 0.444 e. The van der Waals surface area contributed by atoms with Crippen molar-refractivity contribution in [2.75, 3.05) is 18.0 Å². The summed E-state index contributed by atoms with van der Waals surface area (Å²) < 4.78 is 9.04. The number of ether oxygens (including phenoxy) is 1. The number of nitrogens with zero attached hydrogens (tertiary/aromatic N) is 5. The van der Waals surface area contributed by atoms with Crippen molar-refractivity contribution in [3.63, 3.8) is 0 Å². The Morgan fingerprint density at radius 1 is 1.22 bits per heavy atom. The number of aromatic nitrogens is 3. The lowest BCUT2D eigenvalue weighted by Gasteiger charge is -2.47. The minimum atomic E-state index is -0.542. The molecule has 174 valence electrons. The summed E-state index contributed by atoms with van der Waals surface area (Å²) in [6.45, 7) is 12.8. The van der Waals surface area contributed by atoms with Crippen molar-refractivity contribution in [1.82, 2.24) is 19.1 Å². The van der Waals surface area contributed by atoms with Gasteiger partial charge < -0.3 is 14.5 Å². The summed E-state index contributed by atoms with van der Waals surface area (Å²) in [5.41, 5.74) is 1.72. The third kappa shape index (κ3) is 4.77. The highest BCUT2D eigenvalue weighted by Crippen LogP contribution is 2.29. The van der Waals surface area contributed by atoms with Crippen LogP contribution in [0.5, 0.6) is 0 Å². The molecule has 1 amide bonds. The van der Waals surface area contributed by atoms with Crippen LogP contribution in [0.4, 0.5) is 10.5 Å². The van der Waals surface area contributed by atoms with E-state index in [2.05, 4.69) is 30.6 Å². The highest BCUT2D eigenvalue weighted by molar-refractivity contribution is 5.72. The molecule has 2 aromatic heterocycles. The van der Waals surface area contributed by atoms with E-state index in [1.165, 1.54) is 0 Å². The Balaban J connectivity index is 2.02. The molecule has 32 heavy (non-hydrogen) atoms. The summed E-state index contributed by atoms with van der Waals surface area (Å²) in [5, 5.41) is 0. The van der Waals surface area contributed by atoms with E-state index >= 15 is 0 Å². The first kappa shape index (κ1) is 23.7. The number of anilines is 1. The number of amides is 1. The van der Waals surface area contributed by atoms with E-state index in [0.717, 1.165) is 29.9 Å². The first-order valence-corrected chi connectivity index (χ1v) is 11.3. The summed E-state index contributed by atoms with van der Waals surface area (Å²) in [4.78, 5) is 34.6. The zero-order chi connectivity index (χ0) is 23.6. The number of fused-ring (bicyclic) bond motifs is 1. The highest BCUT2D eigenvalue weighted by Gasteiger charge is 2.38. The van der Waals surface area contributed by atoms with E-state index in [0.29, 0.717) is 19.5 Å². The van der Waals surface area contributed by atoms with Gasteiger partial charge in [-0.1, -0.05) is 19.8 Å². The number of aryl methyl sites for hydroxylation is 1. The second-order valence-corrected chi connectivity index (χ2v) is 9.30. The van der Waals surface area contributed by atoms with Gasteiger partial charge in [-0.15, -0.1) is 5.92 Å². The number of hydrogen-bond donors (Lipinski definition) is 0. The minimum absolute atomic E-state index is 0.0165. The van der Waals surface area contributed by atoms with Crippen LogP contribution in [0.3, 0.4) is 0 Å². The predicted molar refractivity (Wildman–Crippen MR) is 126 cm³/mol. The molecule has 0 saturated carbocycles. The average Bonchev–Trinajstić information content (AvgIpc) is 3.17. The first-order valence-electron chi connectivity index (χ1n) is 11.3. The van der Waals surface area contributed by atoms with Crippen molar-refractivity contribution in [3.05, 3.63) is 28.3 Å². The molecule has 0 radical (unpaired) electrons. The zero-order valence-corrected chi connectivity index (χ0v) is 20.3. The lowest BCUT2D eigenvalue weighted by atomic mass is 10.0. The maximum Gasteiger partial charge on any atom is 0.410 e. The Hall–Kier alpha value is -2.95. The van der Waals surface area contributed by atoms with E-state index in [9.17, 15) is 9.59 Å². The van der Waals surface area contributed by atoms with Gasteiger partial charge in [0, 0.05) is 32.2 Å². The van der Waals surface area contributed by atoms with Crippen molar-refractivity contribution < 1.29 is 9.53 Å². The first-order chi connectivity index (χ1) is 15.1. The standard InChI is InChI=1S/C24H35N5O3/c1-8-11-12-17-14-29-22(25-17)20(13-21(30)26(29)7)27-15-19(10-3)28(16-18(27)9-2)23(31)32-24(4,5)6/h13-14,18-19H,9-10,12,15-16H2,1-7H3/t18-,19+/m0/s1. The molecular formula is C24H35N5O3. The molecule has 8 heteroatoms. The number of carbonyl (C=O) groups is 1. The summed E-state index contributed by atoms with van der Waals surface area (Å²) in [7, 11) is 1.74. The fourth-order valence-electron chi connectivity index (χ4n) is 4.17. The Labute approximate surface area is 190 Å². The molecule has 8 nitrogen and oxygen atoms in total. The van der Waals surface area contributed by atoms with Crippen LogP contribution in [0.15, 0.2) is 17.1 Å². The third-order valence-electron chi connectivity index (χ3n) is 5.89. The van der Waals surface area contributed by atoms with Crippen LogP contribution in [0.25, 0.3) is 5.65 Å². The molecule has 1 fully saturated rings. The van der Waals surface area contributed by atoms with Gasteiger partial charge in [0.25, 0.3) is 5.56 Å². The van der Waals surface area contributed by atoms with Crippen molar-refractivity contribution in [1.29, 1.82) is 0 Å². The van der Waals surface area contributed by atoms with Crippen LogP contribution in [-0.4, -0.2) is 55.9 Å². The SMILES string of the molecule is CC#CCc1cn2c(n1)c(N1C[C@@H](CC)N(C(=O)OC(C)(C)C)C[C@@H]1CC)cc(=O)n2C. The molecule has 1 aliphatic heterocycles. The van der Waals surface area contributed by atoms with Crippen molar-refractivity contribution in [2.24, 2.45) is 7.05 Å². The van der Waals surface area contributed by atoms with Crippen LogP contribution in [0, 0.1) is 11.8 Å². The smallest absolute Gasteiger partial charge is 0.410 e. The minimum Gasteiger partial charge on any atom is -0.444 e. The molecule has 0 aromatic carbocycles. The second kappa shape index (κ2) is 9.27. The molecule has 0 bridgehead atoms. The number of rotatable bonds is 4. The Morgan fingerprint density at radius 2 is 1.91 bits per heavy atom. The van der Waals surface area contributed by atoms with Gasteiger partial charge in [0.15, 0.2) is 5.65 Å². The summed E-state index contributed by atoms with van der Waals surface area (Å²) in [5.74, 6) is 5.94. The molecule has 3 rings (SSSR count).